The third kappa shape index (κ3) is 1.79. The summed E-state index contributed by atoms with van der Waals surface area (Å²) in [7, 11) is 0. The van der Waals surface area contributed by atoms with Gasteiger partial charge >= 0.3 is 5.97 Å². The van der Waals surface area contributed by atoms with Crippen LogP contribution < -0.4 is 0 Å². The summed E-state index contributed by atoms with van der Waals surface area (Å²) in [4.78, 5) is 11.3. The van der Waals surface area contributed by atoms with Crippen molar-refractivity contribution in [3.8, 4) is 0 Å². The van der Waals surface area contributed by atoms with Gasteiger partial charge in [0, 0.05) is 26.8 Å². The second kappa shape index (κ2) is 3.68. The first-order chi connectivity index (χ1) is 6.66. The third-order valence-corrected chi connectivity index (χ3v) is 3.92. The van der Waals surface area contributed by atoms with E-state index >= 15 is 0 Å². The third-order valence-electron chi connectivity index (χ3n) is 1.89. The van der Waals surface area contributed by atoms with Crippen LogP contribution in [0, 0.1) is 0 Å². The molecule has 5 heteroatoms. The van der Waals surface area contributed by atoms with Crippen LogP contribution in [0.1, 0.15) is 4.88 Å². The molecular weight excluding hydrogens is 220 g/mol. The predicted molar refractivity (Wildman–Crippen MR) is 57.0 cm³/mol. The molecule has 0 aliphatic carbocycles. The van der Waals surface area contributed by atoms with Crippen LogP contribution in [0.25, 0.3) is 10.1 Å². The monoisotopic (exact) mass is 228 g/mol. The molecule has 2 heterocycles. The second-order valence-electron chi connectivity index (χ2n) is 2.96. The van der Waals surface area contributed by atoms with Gasteiger partial charge in [0.1, 0.15) is 0 Å². The molecule has 0 radical (unpaired) electrons. The van der Waals surface area contributed by atoms with Crippen molar-refractivity contribution in [2.24, 2.45) is 0 Å². The number of rotatable bonds is 3. The fourth-order valence-electron chi connectivity index (χ4n) is 1.21. The highest BCUT2D eigenvalue weighted by Crippen LogP contribution is 2.29. The number of carbonyl (C=O) groups is 1. The number of aliphatic carboxylic acids is 1. The average Bonchev–Trinajstić information content (AvgIpc) is 2.63. The topological polar surface area (TPSA) is 57.5 Å². The van der Waals surface area contributed by atoms with Gasteiger partial charge < -0.3 is 10.2 Å². The van der Waals surface area contributed by atoms with Crippen molar-refractivity contribution in [2.75, 3.05) is 0 Å². The summed E-state index contributed by atoms with van der Waals surface area (Å²) < 4.78 is 1.16. The minimum atomic E-state index is -1.29. The molecule has 0 spiro atoms. The molecule has 0 saturated heterocycles. The Bertz CT molecular complexity index is 429. The second-order valence-corrected chi connectivity index (χ2v) is 4.87. The van der Waals surface area contributed by atoms with Crippen molar-refractivity contribution >= 4 is 38.7 Å². The van der Waals surface area contributed by atoms with E-state index in [1.807, 2.05) is 16.8 Å². The summed E-state index contributed by atoms with van der Waals surface area (Å²) in [5.74, 6) is -1.17. The first-order valence-electron chi connectivity index (χ1n) is 4.02. The summed E-state index contributed by atoms with van der Waals surface area (Å²) >= 11 is 3.16. The van der Waals surface area contributed by atoms with Gasteiger partial charge in [-0.1, -0.05) is 0 Å². The Balaban J connectivity index is 2.19. The lowest BCUT2D eigenvalue weighted by Gasteiger charge is -2.01. The van der Waals surface area contributed by atoms with Crippen molar-refractivity contribution in [3.05, 3.63) is 21.7 Å². The van der Waals surface area contributed by atoms with Gasteiger partial charge in [-0.05, 0) is 11.4 Å². The van der Waals surface area contributed by atoms with Gasteiger partial charge in [0.05, 0.1) is 0 Å². The van der Waals surface area contributed by atoms with Crippen LogP contribution in [0.3, 0.4) is 0 Å². The summed E-state index contributed by atoms with van der Waals surface area (Å²) in [6, 6.07) is 1.93. The molecule has 0 aliphatic heterocycles. The van der Waals surface area contributed by atoms with Crippen molar-refractivity contribution in [3.63, 3.8) is 0 Å². The van der Waals surface area contributed by atoms with E-state index < -0.39 is 12.1 Å². The van der Waals surface area contributed by atoms with Crippen molar-refractivity contribution in [2.45, 2.75) is 12.5 Å². The van der Waals surface area contributed by atoms with Crippen LogP contribution >= 0.6 is 22.7 Å². The minimum absolute atomic E-state index is 0.194. The standard InChI is InChI=1S/C9H8O3S2/c10-7(9(11)12)2-6-1-5-3-13-4-8(5)14-6/h1,3-4,7,10H,2H2,(H,11,12). The molecule has 14 heavy (non-hydrogen) atoms. The SMILES string of the molecule is O=C(O)C(O)Cc1cc2cscc2s1. The number of hydrogen-bond acceptors (Lipinski definition) is 4. The van der Waals surface area contributed by atoms with E-state index in [1.54, 1.807) is 11.3 Å². The van der Waals surface area contributed by atoms with Crippen LogP contribution in [-0.4, -0.2) is 22.3 Å². The molecule has 3 nitrogen and oxygen atoms in total. The highest BCUT2D eigenvalue weighted by molar-refractivity contribution is 7.22. The zero-order chi connectivity index (χ0) is 10.1. The average molecular weight is 228 g/mol. The quantitative estimate of drug-likeness (QED) is 0.844. The van der Waals surface area contributed by atoms with Crippen LogP contribution in [0.5, 0.6) is 0 Å². The Morgan fingerprint density at radius 2 is 2.29 bits per heavy atom. The van der Waals surface area contributed by atoms with Gasteiger partial charge in [0.15, 0.2) is 6.10 Å². The number of hydrogen-bond donors (Lipinski definition) is 2. The van der Waals surface area contributed by atoms with Crippen LogP contribution in [-0.2, 0) is 11.2 Å². The Labute approximate surface area is 88.2 Å². The molecule has 0 saturated carbocycles. The fraction of sp³-hybridized carbons (Fsp3) is 0.222. The van der Waals surface area contributed by atoms with Gasteiger partial charge in [0.25, 0.3) is 0 Å². The number of carboxylic acids is 1. The molecule has 2 aromatic rings. The van der Waals surface area contributed by atoms with Crippen LogP contribution in [0.15, 0.2) is 16.8 Å². The number of carboxylic acid groups (broad SMARTS) is 1. The molecule has 0 bridgehead atoms. The molecule has 74 valence electrons. The molecular formula is C9H8O3S2. The van der Waals surface area contributed by atoms with Crippen LogP contribution in [0.2, 0.25) is 0 Å². The summed E-state index contributed by atoms with van der Waals surface area (Å²) in [5.41, 5.74) is 0. The largest absolute Gasteiger partial charge is 0.479 e. The van der Waals surface area contributed by atoms with Gasteiger partial charge in [-0.25, -0.2) is 4.79 Å². The summed E-state index contributed by atoms with van der Waals surface area (Å²) in [6.45, 7) is 0. The smallest absolute Gasteiger partial charge is 0.332 e. The van der Waals surface area contributed by atoms with E-state index in [4.69, 9.17) is 10.2 Å². The predicted octanol–water partition coefficient (Wildman–Crippen LogP) is 1.95. The van der Waals surface area contributed by atoms with Crippen LogP contribution in [0.4, 0.5) is 0 Å². The Kier molecular flexibility index (Phi) is 2.54. The fourth-order valence-corrected chi connectivity index (χ4v) is 3.25. The molecule has 2 rings (SSSR count). The highest BCUT2D eigenvalue weighted by Gasteiger charge is 2.15. The molecule has 1 atom stereocenters. The highest BCUT2D eigenvalue weighted by atomic mass is 32.1. The number of aliphatic hydroxyl groups excluding tert-OH is 1. The van der Waals surface area contributed by atoms with Gasteiger partial charge in [-0.3, -0.25) is 0 Å². The molecule has 2 aromatic heterocycles. The molecule has 0 aliphatic rings. The van der Waals surface area contributed by atoms with Crippen molar-refractivity contribution < 1.29 is 15.0 Å². The van der Waals surface area contributed by atoms with Crippen molar-refractivity contribution in [1.29, 1.82) is 0 Å². The van der Waals surface area contributed by atoms with E-state index in [2.05, 4.69) is 0 Å². The number of thiophene rings is 2. The zero-order valence-corrected chi connectivity index (χ0v) is 8.77. The molecule has 1 unspecified atom stereocenters. The first kappa shape index (κ1) is 9.64. The molecule has 0 fully saturated rings. The maximum Gasteiger partial charge on any atom is 0.332 e. The Hall–Kier alpha value is -0.910. The minimum Gasteiger partial charge on any atom is -0.479 e. The summed E-state index contributed by atoms with van der Waals surface area (Å²) in [5, 5.41) is 22.9. The summed E-state index contributed by atoms with van der Waals surface area (Å²) in [6.07, 6.45) is -1.10. The van der Waals surface area contributed by atoms with E-state index in [9.17, 15) is 4.79 Å². The maximum atomic E-state index is 10.4. The lowest BCUT2D eigenvalue weighted by Crippen LogP contribution is -2.21. The van der Waals surface area contributed by atoms with Gasteiger partial charge in [-0.15, -0.1) is 11.3 Å². The Morgan fingerprint density at radius 3 is 2.93 bits per heavy atom. The van der Waals surface area contributed by atoms with E-state index in [0.717, 1.165) is 15.0 Å². The van der Waals surface area contributed by atoms with Gasteiger partial charge in [-0.2, -0.15) is 11.3 Å². The van der Waals surface area contributed by atoms with E-state index in [-0.39, 0.29) is 6.42 Å². The maximum absolute atomic E-state index is 10.4. The lowest BCUT2D eigenvalue weighted by atomic mass is 10.2. The van der Waals surface area contributed by atoms with Crippen molar-refractivity contribution in [1.82, 2.24) is 0 Å². The Morgan fingerprint density at radius 1 is 1.50 bits per heavy atom. The first-order valence-corrected chi connectivity index (χ1v) is 5.78. The molecule has 0 aromatic carbocycles. The van der Waals surface area contributed by atoms with Gasteiger partial charge in [0.2, 0.25) is 0 Å². The van der Waals surface area contributed by atoms with E-state index in [0.29, 0.717) is 0 Å². The zero-order valence-electron chi connectivity index (χ0n) is 7.14. The molecule has 2 N–H and O–H groups in total. The van der Waals surface area contributed by atoms with E-state index in [1.165, 1.54) is 11.3 Å². The number of aliphatic hydroxyl groups is 1. The normalized spacial score (nSPS) is 13.2. The molecule has 0 amide bonds. The number of fused-ring (bicyclic) bond motifs is 1. The lowest BCUT2D eigenvalue weighted by molar-refractivity contribution is -0.146.